The van der Waals surface area contributed by atoms with Crippen LogP contribution < -0.4 is 25.4 Å². The van der Waals surface area contributed by atoms with Gasteiger partial charge in [-0.15, -0.1) is 17.1 Å². The Bertz CT molecular complexity index is 2450. The van der Waals surface area contributed by atoms with Crippen LogP contribution in [0.4, 0.5) is 9.93 Å². The Balaban J connectivity index is 1.31. The number of thiazole rings is 1. The number of esters is 1. The number of carbonyl (C=O) groups excluding carboxylic acids is 4. The first-order valence-corrected chi connectivity index (χ1v) is 24.4. The van der Waals surface area contributed by atoms with Crippen molar-refractivity contribution in [3.05, 3.63) is 47.5 Å². The van der Waals surface area contributed by atoms with Gasteiger partial charge in [-0.1, -0.05) is 27.4 Å². The van der Waals surface area contributed by atoms with Crippen molar-refractivity contribution in [1.82, 2.24) is 25.5 Å². The summed E-state index contributed by atoms with van der Waals surface area (Å²) in [5.74, 6) is -2.81. The van der Waals surface area contributed by atoms with E-state index in [0.29, 0.717) is 33.0 Å². The second-order valence-corrected chi connectivity index (χ2v) is 21.8. The van der Waals surface area contributed by atoms with Crippen molar-refractivity contribution >= 4 is 64.8 Å². The molecule has 0 bridgehead atoms. The molecule has 1 aliphatic heterocycles. The first-order chi connectivity index (χ1) is 30.9. The highest BCUT2D eigenvalue weighted by Crippen LogP contribution is 2.44. The minimum atomic E-state index is -4.40. The standard InChI is InChI=1S/C45H59N6O13PS/c1-10-26-20-45(26,39(54)55)50-37(52)34-18-29(21-51(34)38(53)36(43(4,5)6)49-42(57)64-27-13-11-12-14-27)63-35-19-32(33-22-66-41(48-33)46-25(2)3)47-31-17-28(15-16-30(31)35)61-24-65(58,59)62-23-60-40(56)44(7,8)9/h15-17,19,22,25,27,29,34,36H,1,11-14,18,20-21,23-24H2,2-9H3,(H,46,48)(H,49,57)(H,50,52)(H,54,55)(H,58,59)/t29-,34+,36-,45-/m1/s1. The average molecular weight is 955 g/mol. The Morgan fingerprint density at radius 1 is 1.05 bits per heavy atom. The first-order valence-electron chi connectivity index (χ1n) is 21.7. The lowest BCUT2D eigenvalue weighted by Crippen LogP contribution is -2.59. The van der Waals surface area contributed by atoms with Crippen LogP contribution in [0, 0.1) is 10.8 Å². The van der Waals surface area contributed by atoms with Gasteiger partial charge < -0.3 is 49.8 Å². The molecule has 358 valence electrons. The van der Waals surface area contributed by atoms with Crippen molar-refractivity contribution in [1.29, 1.82) is 0 Å². The van der Waals surface area contributed by atoms with Crippen LogP contribution in [0.15, 0.2) is 47.5 Å². The maximum atomic E-state index is 14.7. The average Bonchev–Trinajstić information content (AvgIpc) is 3.63. The molecule has 21 heteroatoms. The molecule has 2 saturated carbocycles. The van der Waals surface area contributed by atoms with Crippen molar-refractivity contribution in [2.45, 2.75) is 130 Å². The van der Waals surface area contributed by atoms with E-state index in [1.807, 2.05) is 19.2 Å². The zero-order valence-corrected chi connectivity index (χ0v) is 40.1. The summed E-state index contributed by atoms with van der Waals surface area (Å²) in [6.45, 7) is 16.8. The smallest absolute Gasteiger partial charge is 0.408 e. The van der Waals surface area contributed by atoms with E-state index in [9.17, 15) is 38.5 Å². The maximum absolute atomic E-state index is 14.7. The summed E-state index contributed by atoms with van der Waals surface area (Å²) in [5, 5.41) is 21.7. The molecule has 0 spiro atoms. The van der Waals surface area contributed by atoms with E-state index in [1.54, 1.807) is 53.7 Å². The maximum Gasteiger partial charge on any atom is 0.408 e. The van der Waals surface area contributed by atoms with Gasteiger partial charge in [0, 0.05) is 47.4 Å². The number of pyridine rings is 1. The number of fused-ring (bicyclic) bond motifs is 1. The van der Waals surface area contributed by atoms with Crippen molar-refractivity contribution in [2.75, 3.05) is 25.0 Å². The second kappa shape index (κ2) is 19.8. The molecular weight excluding hydrogens is 896 g/mol. The van der Waals surface area contributed by atoms with Crippen LogP contribution in [-0.4, -0.2) is 110 Å². The van der Waals surface area contributed by atoms with Crippen LogP contribution >= 0.6 is 18.9 Å². The van der Waals surface area contributed by atoms with Gasteiger partial charge in [-0.3, -0.25) is 23.5 Å². The van der Waals surface area contributed by atoms with Crippen LogP contribution in [0.1, 0.15) is 93.9 Å². The lowest BCUT2D eigenvalue weighted by atomic mass is 9.85. The number of likely N-dealkylation sites (tertiary alicyclic amines) is 1. The summed E-state index contributed by atoms with van der Waals surface area (Å²) in [6, 6.07) is 4.07. The third-order valence-corrected chi connectivity index (χ3v) is 13.0. The van der Waals surface area contributed by atoms with E-state index >= 15 is 0 Å². The van der Waals surface area contributed by atoms with Crippen molar-refractivity contribution in [3.63, 3.8) is 0 Å². The molecule has 1 aromatic carbocycles. The fraction of sp³-hybridized carbons (Fsp3) is 0.556. The fourth-order valence-electron chi connectivity index (χ4n) is 7.56. The summed E-state index contributed by atoms with van der Waals surface area (Å²) in [5.41, 5.74) is 0.672. The summed E-state index contributed by atoms with van der Waals surface area (Å²) < 4.78 is 40.8. The number of nitrogens with zero attached hydrogens (tertiary/aromatic N) is 3. The molecule has 3 heterocycles. The normalized spacial score (nSPS) is 21.1. The zero-order chi connectivity index (χ0) is 48.4. The molecule has 1 saturated heterocycles. The topological polar surface area (TPSA) is 254 Å². The summed E-state index contributed by atoms with van der Waals surface area (Å²) in [4.78, 5) is 88.0. The number of hydrogen-bond acceptors (Lipinski definition) is 15. The molecule has 66 heavy (non-hydrogen) atoms. The molecule has 19 nitrogen and oxygen atoms in total. The van der Waals surface area contributed by atoms with E-state index in [1.165, 1.54) is 28.4 Å². The Morgan fingerprint density at radius 3 is 2.38 bits per heavy atom. The Morgan fingerprint density at radius 2 is 1.76 bits per heavy atom. The van der Waals surface area contributed by atoms with Gasteiger partial charge in [0.15, 0.2) is 17.0 Å². The first kappa shape index (κ1) is 49.9. The predicted molar refractivity (Wildman–Crippen MR) is 244 cm³/mol. The quantitative estimate of drug-likeness (QED) is 0.0406. The molecule has 3 aromatic rings. The fourth-order valence-corrected chi connectivity index (χ4v) is 9.01. The van der Waals surface area contributed by atoms with E-state index in [0.717, 1.165) is 25.7 Å². The number of carboxylic acid groups (broad SMARTS) is 1. The lowest BCUT2D eigenvalue weighted by molar-refractivity contribution is -0.160. The van der Waals surface area contributed by atoms with E-state index in [2.05, 4.69) is 28.3 Å². The Labute approximate surface area is 387 Å². The SMILES string of the molecule is C=C=C1C[C@]1(NC(=O)[C@@H]1C[C@@H](Oc2cc(-c3csc(NC(C)C)n3)nc3cc(OCP(=O)(O)OCOC(=O)C(C)(C)C)ccc23)CN1C(=O)[C@@H](NC(=O)OC1CCCC1)C(C)(C)C)C(=O)O. The molecule has 3 amide bonds. The highest BCUT2D eigenvalue weighted by Gasteiger charge is 2.59. The van der Waals surface area contributed by atoms with Gasteiger partial charge in [-0.25, -0.2) is 19.6 Å². The number of nitrogens with one attached hydrogen (secondary N) is 3. The molecule has 2 aliphatic carbocycles. The molecule has 0 radical (unpaired) electrons. The van der Waals surface area contributed by atoms with E-state index in [-0.39, 0.29) is 43.0 Å². The molecule has 3 fully saturated rings. The van der Waals surface area contributed by atoms with Crippen molar-refractivity contribution < 1.29 is 62.0 Å². The molecule has 3 aliphatic rings. The van der Waals surface area contributed by atoms with E-state index < -0.39 is 85.1 Å². The molecular formula is C45H59N6O13PS. The van der Waals surface area contributed by atoms with Gasteiger partial charge in [-0.2, -0.15) is 0 Å². The number of anilines is 1. The minimum absolute atomic E-state index is 0.00436. The Kier molecular flexibility index (Phi) is 14.9. The third kappa shape index (κ3) is 12.1. The van der Waals surface area contributed by atoms with Crippen molar-refractivity contribution in [2.24, 2.45) is 10.8 Å². The number of ether oxygens (including phenoxy) is 4. The van der Waals surface area contributed by atoms with Crippen LogP contribution in [-0.2, 0) is 37.7 Å². The van der Waals surface area contributed by atoms with Crippen LogP contribution in [0.2, 0.25) is 0 Å². The number of benzene rings is 1. The molecule has 6 rings (SSSR count). The lowest BCUT2D eigenvalue weighted by Gasteiger charge is -2.35. The van der Waals surface area contributed by atoms with Gasteiger partial charge in [0.05, 0.1) is 23.2 Å². The molecule has 1 unspecified atom stereocenters. The number of hydrogen-bond donors (Lipinski definition) is 5. The number of aliphatic carboxylic acids is 1. The number of alkyl carbamates (subject to hydrolysis) is 1. The summed E-state index contributed by atoms with van der Waals surface area (Å²) in [6.07, 6.45) is 0.566. The zero-order valence-electron chi connectivity index (χ0n) is 38.4. The number of aromatic nitrogens is 2. The minimum Gasteiger partial charge on any atom is -0.488 e. The van der Waals surface area contributed by atoms with Crippen LogP contribution in [0.5, 0.6) is 11.5 Å². The third-order valence-electron chi connectivity index (χ3n) is 11.2. The molecule has 5 N–H and O–H groups in total. The van der Waals surface area contributed by atoms with Gasteiger partial charge in [0.1, 0.15) is 41.5 Å². The number of rotatable bonds is 17. The van der Waals surface area contributed by atoms with Gasteiger partial charge in [-0.05, 0) is 77.8 Å². The highest BCUT2D eigenvalue weighted by molar-refractivity contribution is 7.52. The molecule has 5 atom stereocenters. The summed E-state index contributed by atoms with van der Waals surface area (Å²) >= 11 is 1.37. The largest absolute Gasteiger partial charge is 0.488 e. The van der Waals surface area contributed by atoms with Crippen LogP contribution in [0.3, 0.4) is 0 Å². The predicted octanol–water partition coefficient (Wildman–Crippen LogP) is 6.75. The monoisotopic (exact) mass is 954 g/mol. The van der Waals surface area contributed by atoms with E-state index in [4.69, 9.17) is 33.4 Å². The highest BCUT2D eigenvalue weighted by atomic mass is 32.1. The number of carboxylic acids is 1. The van der Waals surface area contributed by atoms with Crippen LogP contribution in [0.25, 0.3) is 22.3 Å². The number of amides is 3. The second-order valence-electron chi connectivity index (χ2n) is 19.1. The van der Waals surface area contributed by atoms with Gasteiger partial charge >= 0.3 is 25.6 Å². The van der Waals surface area contributed by atoms with Gasteiger partial charge in [0.2, 0.25) is 18.6 Å². The number of carbonyl (C=O) groups is 5. The Hall–Kier alpha value is -5.52. The van der Waals surface area contributed by atoms with Gasteiger partial charge in [0.25, 0.3) is 0 Å². The summed E-state index contributed by atoms with van der Waals surface area (Å²) in [7, 11) is -4.40. The molecule has 2 aromatic heterocycles. The van der Waals surface area contributed by atoms with Crippen molar-refractivity contribution in [3.8, 4) is 22.9 Å².